The molecule has 0 amide bonds. The summed E-state index contributed by atoms with van der Waals surface area (Å²) < 4.78 is 2.09. The highest BCUT2D eigenvalue weighted by Crippen LogP contribution is 2.42. The van der Waals surface area contributed by atoms with Crippen LogP contribution < -0.4 is 9.80 Å². The molecule has 0 N–H and O–H groups in total. The molecule has 1 saturated heterocycles. The second kappa shape index (κ2) is 5.97. The van der Waals surface area contributed by atoms with E-state index in [1.807, 2.05) is 12.5 Å². The molecule has 0 aromatic carbocycles. The van der Waals surface area contributed by atoms with Crippen LogP contribution in [0.4, 0.5) is 11.8 Å². The Hall–Kier alpha value is -2.18. The first kappa shape index (κ1) is 15.1. The lowest BCUT2D eigenvalue weighted by atomic mass is 10.0. The summed E-state index contributed by atoms with van der Waals surface area (Å²) in [5, 5.41) is 8.62. The summed E-state index contributed by atoms with van der Waals surface area (Å²) in [4.78, 5) is 14.6. The number of nitrogens with zero attached hydrogens (tertiary/aromatic N) is 7. The second-order valence-electron chi connectivity index (χ2n) is 7.40. The number of aromatic nitrogens is 5. The Kier molecular flexibility index (Phi) is 3.60. The van der Waals surface area contributed by atoms with Gasteiger partial charge in [-0.2, -0.15) is 4.98 Å². The van der Waals surface area contributed by atoms with Crippen LogP contribution in [0.1, 0.15) is 63.7 Å². The number of hydrogen-bond donors (Lipinski definition) is 0. The molecule has 7 heteroatoms. The Morgan fingerprint density at radius 3 is 2.68 bits per heavy atom. The fourth-order valence-corrected chi connectivity index (χ4v) is 4.70. The third-order valence-corrected chi connectivity index (χ3v) is 5.94. The maximum absolute atomic E-state index is 5.06. The first-order valence-corrected chi connectivity index (χ1v) is 9.67. The highest BCUT2D eigenvalue weighted by molar-refractivity contribution is 5.63. The molecule has 0 radical (unpaired) electrons. The summed E-state index contributed by atoms with van der Waals surface area (Å²) in [6.45, 7) is 4.37. The second-order valence-corrected chi connectivity index (χ2v) is 7.40. The highest BCUT2D eigenvalue weighted by Gasteiger charge is 2.38. The van der Waals surface area contributed by atoms with Crippen LogP contribution in [0.25, 0.3) is 5.69 Å². The normalized spacial score (nSPS) is 23.2. The van der Waals surface area contributed by atoms with Gasteiger partial charge < -0.3 is 9.80 Å². The van der Waals surface area contributed by atoms with E-state index in [9.17, 15) is 0 Å². The Labute approximate surface area is 148 Å². The fourth-order valence-electron chi connectivity index (χ4n) is 4.70. The molecular formula is C18H25N7. The van der Waals surface area contributed by atoms with Gasteiger partial charge in [0.1, 0.15) is 12.0 Å². The van der Waals surface area contributed by atoms with Gasteiger partial charge in [-0.25, -0.2) is 4.98 Å². The van der Waals surface area contributed by atoms with E-state index in [4.69, 9.17) is 4.98 Å². The molecule has 1 saturated carbocycles. The maximum Gasteiger partial charge on any atom is 0.227 e. The first-order chi connectivity index (χ1) is 12.4. The van der Waals surface area contributed by atoms with Crippen molar-refractivity contribution in [1.82, 2.24) is 24.7 Å². The SMILES string of the molecule is CCC1c2nncn2-c2cnc(N3CCCC3)nc2N1C1CCCC1. The molecule has 0 spiro atoms. The number of anilines is 2. The molecule has 1 unspecified atom stereocenters. The fraction of sp³-hybridized carbons (Fsp3) is 0.667. The molecule has 1 aliphatic carbocycles. The van der Waals surface area contributed by atoms with E-state index < -0.39 is 0 Å². The van der Waals surface area contributed by atoms with Gasteiger partial charge in [0.15, 0.2) is 11.6 Å². The van der Waals surface area contributed by atoms with Crippen molar-refractivity contribution in [2.24, 2.45) is 0 Å². The Morgan fingerprint density at radius 2 is 1.92 bits per heavy atom. The topological polar surface area (TPSA) is 63.0 Å². The molecule has 2 aromatic rings. The van der Waals surface area contributed by atoms with Crippen LogP contribution >= 0.6 is 0 Å². The minimum atomic E-state index is 0.249. The molecule has 2 aromatic heterocycles. The summed E-state index contributed by atoms with van der Waals surface area (Å²) in [6.07, 6.45) is 12.4. The summed E-state index contributed by atoms with van der Waals surface area (Å²) in [7, 11) is 0. The molecule has 4 heterocycles. The summed E-state index contributed by atoms with van der Waals surface area (Å²) in [6, 6.07) is 0.801. The van der Waals surface area contributed by atoms with Gasteiger partial charge in [0.25, 0.3) is 0 Å². The van der Waals surface area contributed by atoms with Crippen LogP contribution in [0, 0.1) is 0 Å². The number of hydrogen-bond acceptors (Lipinski definition) is 6. The summed E-state index contributed by atoms with van der Waals surface area (Å²) in [5.74, 6) is 2.98. The average Bonchev–Trinajstić information content (AvgIpc) is 3.42. The van der Waals surface area contributed by atoms with Gasteiger partial charge >= 0.3 is 0 Å². The standard InChI is InChI=1S/C18H25N7/c1-2-14-17-22-20-12-24(17)15-11-19-18(23-9-5-6-10-23)21-16(15)25(14)13-7-3-4-8-13/h11-14H,2-10H2,1H3. The van der Waals surface area contributed by atoms with Crippen LogP contribution in [-0.4, -0.2) is 43.9 Å². The molecular weight excluding hydrogens is 314 g/mol. The molecule has 2 fully saturated rings. The third kappa shape index (κ3) is 2.32. The molecule has 0 bridgehead atoms. The van der Waals surface area contributed by atoms with E-state index >= 15 is 0 Å². The van der Waals surface area contributed by atoms with Crippen molar-refractivity contribution in [3.63, 3.8) is 0 Å². The van der Waals surface area contributed by atoms with E-state index in [1.54, 1.807) is 0 Å². The molecule has 5 rings (SSSR count). The van der Waals surface area contributed by atoms with E-state index in [0.717, 1.165) is 42.8 Å². The first-order valence-electron chi connectivity index (χ1n) is 9.67. The zero-order valence-electron chi connectivity index (χ0n) is 14.8. The van der Waals surface area contributed by atoms with Crippen molar-refractivity contribution in [3.05, 3.63) is 18.3 Å². The maximum atomic E-state index is 5.06. The Bertz CT molecular complexity index is 759. The van der Waals surface area contributed by atoms with Gasteiger partial charge in [0.05, 0.1) is 12.2 Å². The summed E-state index contributed by atoms with van der Waals surface area (Å²) in [5.41, 5.74) is 1.03. The minimum absolute atomic E-state index is 0.249. The van der Waals surface area contributed by atoms with Gasteiger partial charge in [-0.15, -0.1) is 10.2 Å². The number of fused-ring (bicyclic) bond motifs is 3. The van der Waals surface area contributed by atoms with Crippen molar-refractivity contribution in [1.29, 1.82) is 0 Å². The van der Waals surface area contributed by atoms with Gasteiger partial charge in [0, 0.05) is 19.1 Å². The van der Waals surface area contributed by atoms with Crippen LogP contribution in [0.5, 0.6) is 0 Å². The van der Waals surface area contributed by atoms with Gasteiger partial charge in [-0.1, -0.05) is 19.8 Å². The van der Waals surface area contributed by atoms with Crippen LogP contribution in [0.3, 0.4) is 0 Å². The van der Waals surface area contributed by atoms with E-state index in [-0.39, 0.29) is 6.04 Å². The molecule has 2 aliphatic heterocycles. The van der Waals surface area contributed by atoms with Crippen molar-refractivity contribution < 1.29 is 0 Å². The smallest absolute Gasteiger partial charge is 0.227 e. The quantitative estimate of drug-likeness (QED) is 0.857. The van der Waals surface area contributed by atoms with Crippen LogP contribution in [0.2, 0.25) is 0 Å². The van der Waals surface area contributed by atoms with Gasteiger partial charge in [0.2, 0.25) is 5.95 Å². The average molecular weight is 339 g/mol. The minimum Gasteiger partial charge on any atom is -0.341 e. The van der Waals surface area contributed by atoms with Gasteiger partial charge in [-0.3, -0.25) is 4.57 Å². The van der Waals surface area contributed by atoms with Crippen LogP contribution in [-0.2, 0) is 0 Å². The van der Waals surface area contributed by atoms with E-state index in [2.05, 4.69) is 36.5 Å². The molecule has 7 nitrogen and oxygen atoms in total. The van der Waals surface area contributed by atoms with Crippen molar-refractivity contribution in [2.45, 2.75) is 64.0 Å². The zero-order chi connectivity index (χ0) is 16.8. The largest absolute Gasteiger partial charge is 0.341 e. The predicted molar refractivity (Wildman–Crippen MR) is 96.2 cm³/mol. The lowest BCUT2D eigenvalue weighted by Crippen LogP contribution is -2.42. The van der Waals surface area contributed by atoms with Crippen molar-refractivity contribution in [2.75, 3.05) is 22.9 Å². The highest BCUT2D eigenvalue weighted by atomic mass is 15.4. The molecule has 3 aliphatic rings. The van der Waals surface area contributed by atoms with Crippen LogP contribution in [0.15, 0.2) is 12.5 Å². The van der Waals surface area contributed by atoms with E-state index in [0.29, 0.717) is 6.04 Å². The van der Waals surface area contributed by atoms with Gasteiger partial charge in [-0.05, 0) is 32.1 Å². The summed E-state index contributed by atoms with van der Waals surface area (Å²) >= 11 is 0. The monoisotopic (exact) mass is 339 g/mol. The molecule has 1 atom stereocenters. The van der Waals surface area contributed by atoms with Crippen molar-refractivity contribution >= 4 is 11.8 Å². The molecule has 25 heavy (non-hydrogen) atoms. The van der Waals surface area contributed by atoms with Crippen molar-refractivity contribution in [3.8, 4) is 5.69 Å². The molecule has 132 valence electrons. The Morgan fingerprint density at radius 1 is 1.12 bits per heavy atom. The lowest BCUT2D eigenvalue weighted by molar-refractivity contribution is 0.468. The van der Waals surface area contributed by atoms with E-state index in [1.165, 1.54) is 38.5 Å². The zero-order valence-corrected chi connectivity index (χ0v) is 14.8. The number of rotatable bonds is 3. The third-order valence-electron chi connectivity index (χ3n) is 5.94. The lowest BCUT2D eigenvalue weighted by Gasteiger charge is -2.41. The predicted octanol–water partition coefficient (Wildman–Crippen LogP) is 2.87. The Balaban J connectivity index is 1.65.